The second kappa shape index (κ2) is 7.53. The summed E-state index contributed by atoms with van der Waals surface area (Å²) in [6.07, 6.45) is -3.00. The van der Waals surface area contributed by atoms with Crippen molar-refractivity contribution in [2.24, 2.45) is 0 Å². The fourth-order valence-electron chi connectivity index (χ4n) is 2.66. The number of aromatic nitrogens is 2. The molecule has 0 radical (unpaired) electrons. The lowest BCUT2D eigenvalue weighted by atomic mass is 10.2. The fraction of sp³-hybridized carbons (Fsp3) is 0.333. The minimum Gasteiger partial charge on any atom is -0.353 e. The van der Waals surface area contributed by atoms with Crippen molar-refractivity contribution in [2.75, 3.05) is 31.1 Å². The summed E-state index contributed by atoms with van der Waals surface area (Å²) in [5.41, 5.74) is -0.892. The van der Waals surface area contributed by atoms with E-state index in [4.69, 9.17) is 11.6 Å². The molecule has 2 heterocycles. The molecule has 6 nitrogen and oxygen atoms in total. The number of halogens is 5. The van der Waals surface area contributed by atoms with Gasteiger partial charge in [-0.05, 0) is 51.8 Å². The minimum absolute atomic E-state index is 0.0769. The molecule has 0 saturated carbocycles. The normalized spacial score (nSPS) is 16.6. The molecular weight excluding hydrogens is 473 g/mol. The van der Waals surface area contributed by atoms with Crippen LogP contribution in [-0.4, -0.2) is 48.9 Å². The van der Waals surface area contributed by atoms with E-state index in [1.54, 1.807) is 0 Å². The van der Waals surface area contributed by atoms with E-state index in [0.29, 0.717) is 23.4 Å². The molecule has 27 heavy (non-hydrogen) atoms. The number of benzene rings is 1. The van der Waals surface area contributed by atoms with Gasteiger partial charge in [-0.3, -0.25) is 0 Å². The molecule has 1 aliphatic rings. The number of anilines is 1. The Morgan fingerprint density at radius 3 is 2.22 bits per heavy atom. The molecule has 2 aromatic rings. The first-order valence-electron chi connectivity index (χ1n) is 7.69. The molecule has 0 atom stereocenters. The zero-order valence-corrected chi connectivity index (χ0v) is 16.8. The van der Waals surface area contributed by atoms with Gasteiger partial charge in [0.15, 0.2) is 0 Å². The van der Waals surface area contributed by atoms with Crippen LogP contribution in [0.2, 0.25) is 5.28 Å². The van der Waals surface area contributed by atoms with Crippen LogP contribution in [-0.2, 0) is 16.2 Å². The highest BCUT2D eigenvalue weighted by molar-refractivity contribution is 9.10. The van der Waals surface area contributed by atoms with Gasteiger partial charge in [0.05, 0.1) is 14.9 Å². The largest absolute Gasteiger partial charge is 0.416 e. The predicted octanol–water partition coefficient (Wildman–Crippen LogP) is 3.42. The van der Waals surface area contributed by atoms with Crippen LogP contribution in [0.1, 0.15) is 5.56 Å². The molecule has 1 aromatic heterocycles. The van der Waals surface area contributed by atoms with Crippen LogP contribution in [0.3, 0.4) is 0 Å². The van der Waals surface area contributed by atoms with E-state index < -0.39 is 21.8 Å². The summed E-state index contributed by atoms with van der Waals surface area (Å²) < 4.78 is 65.2. The molecule has 0 amide bonds. The average molecular weight is 486 g/mol. The third-order valence-electron chi connectivity index (χ3n) is 4.05. The first-order chi connectivity index (χ1) is 12.6. The number of piperazine rings is 1. The van der Waals surface area contributed by atoms with E-state index in [-0.39, 0.29) is 23.3 Å². The summed E-state index contributed by atoms with van der Waals surface area (Å²) in [5, 5.41) is 0.0769. The summed E-state index contributed by atoms with van der Waals surface area (Å²) in [5.74, 6) is 0.557. The SMILES string of the molecule is O=S(=O)(c1ccc(C(F)(F)F)cc1)N1CCN(c2nc(Cl)ncc2Br)CC1. The van der Waals surface area contributed by atoms with E-state index >= 15 is 0 Å². The van der Waals surface area contributed by atoms with Crippen molar-refractivity contribution in [3.05, 3.63) is 45.8 Å². The molecule has 1 saturated heterocycles. The minimum atomic E-state index is -4.51. The molecule has 1 fully saturated rings. The Morgan fingerprint density at radius 2 is 1.67 bits per heavy atom. The van der Waals surface area contributed by atoms with Crippen LogP contribution in [0.5, 0.6) is 0 Å². The molecule has 0 spiro atoms. The van der Waals surface area contributed by atoms with Crippen molar-refractivity contribution < 1.29 is 21.6 Å². The lowest BCUT2D eigenvalue weighted by Gasteiger charge is -2.35. The Bertz CT molecular complexity index is 933. The van der Waals surface area contributed by atoms with Gasteiger partial charge in [-0.25, -0.2) is 13.4 Å². The maximum Gasteiger partial charge on any atom is 0.416 e. The number of alkyl halides is 3. The number of rotatable bonds is 3. The van der Waals surface area contributed by atoms with Crippen LogP contribution in [0, 0.1) is 0 Å². The molecule has 0 unspecified atom stereocenters. The third-order valence-corrected chi connectivity index (χ3v) is 6.71. The standard InChI is InChI=1S/C15H13BrClF3N4O2S/c16-12-9-21-14(17)22-13(12)23-5-7-24(8-6-23)27(25,26)11-3-1-10(2-4-11)15(18,19)20/h1-4,9H,5-8H2. The smallest absolute Gasteiger partial charge is 0.353 e. The van der Waals surface area contributed by atoms with Gasteiger partial charge in [0.25, 0.3) is 0 Å². The molecule has 1 aromatic carbocycles. The lowest BCUT2D eigenvalue weighted by Crippen LogP contribution is -2.49. The summed E-state index contributed by atoms with van der Waals surface area (Å²) in [6, 6.07) is 3.49. The molecule has 0 N–H and O–H groups in total. The first kappa shape index (κ1) is 20.3. The topological polar surface area (TPSA) is 66.4 Å². The summed E-state index contributed by atoms with van der Waals surface area (Å²) >= 11 is 9.14. The van der Waals surface area contributed by atoms with Gasteiger partial charge in [0, 0.05) is 32.4 Å². The Labute approximate surface area is 167 Å². The monoisotopic (exact) mass is 484 g/mol. The Morgan fingerprint density at radius 1 is 1.07 bits per heavy atom. The van der Waals surface area contributed by atoms with Gasteiger partial charge in [0.1, 0.15) is 5.82 Å². The van der Waals surface area contributed by atoms with Gasteiger partial charge in [-0.1, -0.05) is 0 Å². The number of hydrogen-bond acceptors (Lipinski definition) is 5. The quantitative estimate of drug-likeness (QED) is 0.623. The lowest BCUT2D eigenvalue weighted by molar-refractivity contribution is -0.137. The second-order valence-electron chi connectivity index (χ2n) is 5.72. The summed E-state index contributed by atoms with van der Waals surface area (Å²) in [7, 11) is -3.88. The molecule has 0 bridgehead atoms. The molecule has 3 rings (SSSR count). The Balaban J connectivity index is 1.74. The van der Waals surface area contributed by atoms with Crippen molar-refractivity contribution in [3.63, 3.8) is 0 Å². The van der Waals surface area contributed by atoms with Crippen molar-refractivity contribution in [3.8, 4) is 0 Å². The van der Waals surface area contributed by atoms with E-state index in [2.05, 4.69) is 25.9 Å². The van der Waals surface area contributed by atoms with Crippen molar-refractivity contribution in [1.29, 1.82) is 0 Å². The van der Waals surface area contributed by atoms with Crippen LogP contribution in [0.15, 0.2) is 39.8 Å². The molecule has 146 valence electrons. The van der Waals surface area contributed by atoms with E-state index in [1.165, 1.54) is 10.5 Å². The maximum atomic E-state index is 12.7. The van der Waals surface area contributed by atoms with E-state index in [0.717, 1.165) is 24.3 Å². The highest BCUT2D eigenvalue weighted by Crippen LogP contribution is 2.31. The highest BCUT2D eigenvalue weighted by Gasteiger charge is 2.33. The van der Waals surface area contributed by atoms with Gasteiger partial charge in [-0.15, -0.1) is 0 Å². The van der Waals surface area contributed by atoms with Crippen molar-refractivity contribution in [2.45, 2.75) is 11.1 Å². The Kier molecular flexibility index (Phi) is 5.67. The van der Waals surface area contributed by atoms with E-state index in [9.17, 15) is 21.6 Å². The molecular formula is C15H13BrClF3N4O2S. The summed E-state index contributed by atoms with van der Waals surface area (Å²) in [6.45, 7) is 1.03. The summed E-state index contributed by atoms with van der Waals surface area (Å²) in [4.78, 5) is 9.67. The number of sulfonamides is 1. The zero-order valence-electron chi connectivity index (χ0n) is 13.6. The molecule has 1 aliphatic heterocycles. The van der Waals surface area contributed by atoms with Gasteiger partial charge in [0.2, 0.25) is 15.3 Å². The van der Waals surface area contributed by atoms with Crippen LogP contribution in [0.4, 0.5) is 19.0 Å². The Hall–Kier alpha value is -1.43. The second-order valence-corrected chi connectivity index (χ2v) is 8.85. The average Bonchev–Trinajstić information content (AvgIpc) is 2.63. The van der Waals surface area contributed by atoms with E-state index in [1.807, 2.05) is 4.90 Å². The van der Waals surface area contributed by atoms with Gasteiger partial charge in [-0.2, -0.15) is 22.5 Å². The van der Waals surface area contributed by atoms with Gasteiger partial charge < -0.3 is 4.90 Å². The predicted molar refractivity (Wildman–Crippen MR) is 97.2 cm³/mol. The fourth-order valence-corrected chi connectivity index (χ4v) is 4.66. The van der Waals surface area contributed by atoms with Gasteiger partial charge >= 0.3 is 6.18 Å². The molecule has 0 aliphatic carbocycles. The maximum absolute atomic E-state index is 12.7. The zero-order chi connectivity index (χ0) is 19.8. The number of nitrogens with zero attached hydrogens (tertiary/aromatic N) is 4. The van der Waals surface area contributed by atoms with Crippen LogP contribution in [0.25, 0.3) is 0 Å². The number of hydrogen-bond donors (Lipinski definition) is 0. The molecule has 12 heteroatoms. The van der Waals surface area contributed by atoms with Crippen molar-refractivity contribution in [1.82, 2.24) is 14.3 Å². The van der Waals surface area contributed by atoms with Crippen LogP contribution >= 0.6 is 27.5 Å². The third kappa shape index (κ3) is 4.36. The van der Waals surface area contributed by atoms with Crippen LogP contribution < -0.4 is 4.90 Å². The first-order valence-corrected chi connectivity index (χ1v) is 10.3. The van der Waals surface area contributed by atoms with Crippen molar-refractivity contribution >= 4 is 43.4 Å². The highest BCUT2D eigenvalue weighted by atomic mass is 79.9.